The van der Waals surface area contributed by atoms with E-state index >= 15 is 0 Å². The second-order valence-electron chi connectivity index (χ2n) is 5.77. The lowest BCUT2D eigenvalue weighted by Gasteiger charge is -2.10. The van der Waals surface area contributed by atoms with E-state index < -0.39 is 0 Å². The van der Waals surface area contributed by atoms with E-state index in [1.54, 1.807) is 0 Å². The Labute approximate surface area is 144 Å². The number of thioether (sulfide) groups is 1. The van der Waals surface area contributed by atoms with Crippen molar-refractivity contribution in [3.63, 3.8) is 0 Å². The van der Waals surface area contributed by atoms with Crippen LogP contribution in [0.1, 0.15) is 18.4 Å². The molecule has 24 heavy (non-hydrogen) atoms. The van der Waals surface area contributed by atoms with Gasteiger partial charge < -0.3 is 15.9 Å². The summed E-state index contributed by atoms with van der Waals surface area (Å²) in [5.74, 6) is 6.82. The molecule has 0 saturated carbocycles. The van der Waals surface area contributed by atoms with E-state index in [2.05, 4.69) is 15.5 Å². The van der Waals surface area contributed by atoms with Gasteiger partial charge in [-0.05, 0) is 19.8 Å². The third-order valence-corrected chi connectivity index (χ3v) is 4.80. The summed E-state index contributed by atoms with van der Waals surface area (Å²) < 4.78 is 6.90. The van der Waals surface area contributed by atoms with E-state index in [1.807, 2.05) is 31.2 Å². The first kappa shape index (κ1) is 16.8. The van der Waals surface area contributed by atoms with Crippen LogP contribution in [0, 0.1) is 6.92 Å². The number of aromatic nitrogens is 3. The Morgan fingerprint density at radius 3 is 2.92 bits per heavy atom. The average molecular weight is 347 g/mol. The highest BCUT2D eigenvalue weighted by Crippen LogP contribution is 2.21. The maximum atomic E-state index is 11.9. The van der Waals surface area contributed by atoms with Gasteiger partial charge in [0.25, 0.3) is 0 Å². The quantitative estimate of drug-likeness (QED) is 0.605. The van der Waals surface area contributed by atoms with Crippen molar-refractivity contribution < 1.29 is 9.53 Å². The van der Waals surface area contributed by atoms with Crippen LogP contribution >= 0.6 is 11.8 Å². The first-order valence-electron chi connectivity index (χ1n) is 7.92. The number of nitrogens with zero attached hydrogens (tertiary/aromatic N) is 3. The molecule has 1 fully saturated rings. The minimum absolute atomic E-state index is 0.0598. The monoisotopic (exact) mass is 347 g/mol. The van der Waals surface area contributed by atoms with E-state index in [0.717, 1.165) is 25.0 Å². The lowest BCUT2D eigenvalue weighted by molar-refractivity contribution is -0.119. The number of hydrogen-bond acceptors (Lipinski definition) is 6. The maximum absolute atomic E-state index is 11.9. The number of carbonyl (C=O) groups excluding carboxylic acids is 1. The maximum Gasteiger partial charge on any atom is 0.230 e. The average Bonchev–Trinajstić information content (AvgIpc) is 3.22. The zero-order chi connectivity index (χ0) is 16.9. The molecule has 1 aromatic heterocycles. The summed E-state index contributed by atoms with van der Waals surface area (Å²) in [6.07, 6.45) is 2.21. The van der Waals surface area contributed by atoms with Gasteiger partial charge in [-0.2, -0.15) is 0 Å². The standard InChI is InChI=1S/C16H21N5O2S/c1-11-4-6-12(7-5-11)15-19-20-16(21(15)17)24-10-14(22)18-9-13-3-2-8-23-13/h4-7,13H,2-3,8-10,17H2,1H3,(H,18,22)/t13-/m1/s1. The second kappa shape index (κ2) is 7.67. The molecule has 128 valence electrons. The first-order chi connectivity index (χ1) is 11.6. The molecule has 0 unspecified atom stereocenters. The molecule has 3 N–H and O–H groups in total. The smallest absolute Gasteiger partial charge is 0.230 e. The summed E-state index contributed by atoms with van der Waals surface area (Å²) >= 11 is 1.27. The Hall–Kier alpha value is -2.06. The van der Waals surface area contributed by atoms with E-state index in [-0.39, 0.29) is 17.8 Å². The molecule has 0 aliphatic carbocycles. The highest BCUT2D eigenvalue weighted by molar-refractivity contribution is 7.99. The van der Waals surface area contributed by atoms with Crippen LogP contribution in [-0.2, 0) is 9.53 Å². The van der Waals surface area contributed by atoms with Crippen LogP contribution in [-0.4, -0.2) is 45.8 Å². The van der Waals surface area contributed by atoms with Crippen LogP contribution in [0.4, 0.5) is 0 Å². The van der Waals surface area contributed by atoms with Crippen LogP contribution < -0.4 is 11.2 Å². The van der Waals surface area contributed by atoms with E-state index in [1.165, 1.54) is 22.0 Å². The molecule has 1 aliphatic heterocycles. The summed E-state index contributed by atoms with van der Waals surface area (Å²) in [6.45, 7) is 3.37. The molecule has 0 spiro atoms. The Morgan fingerprint density at radius 2 is 2.21 bits per heavy atom. The highest BCUT2D eigenvalue weighted by atomic mass is 32.2. The number of benzene rings is 1. The van der Waals surface area contributed by atoms with Crippen molar-refractivity contribution in [3.05, 3.63) is 29.8 Å². The van der Waals surface area contributed by atoms with Crippen LogP contribution in [0.5, 0.6) is 0 Å². The molecule has 1 aliphatic rings. The Morgan fingerprint density at radius 1 is 1.42 bits per heavy atom. The third-order valence-electron chi connectivity index (χ3n) is 3.86. The van der Waals surface area contributed by atoms with Crippen molar-refractivity contribution in [2.24, 2.45) is 0 Å². The number of nitrogen functional groups attached to an aromatic ring is 1. The summed E-state index contributed by atoms with van der Waals surface area (Å²) in [5.41, 5.74) is 2.06. The molecular formula is C16H21N5O2S. The minimum atomic E-state index is -0.0598. The number of rotatable bonds is 6. The van der Waals surface area contributed by atoms with Gasteiger partial charge in [0.05, 0.1) is 11.9 Å². The number of amides is 1. The van der Waals surface area contributed by atoms with Gasteiger partial charge in [-0.1, -0.05) is 41.6 Å². The molecule has 2 heterocycles. The molecule has 0 radical (unpaired) electrons. The van der Waals surface area contributed by atoms with E-state index in [4.69, 9.17) is 10.6 Å². The van der Waals surface area contributed by atoms with Gasteiger partial charge in [0.15, 0.2) is 5.82 Å². The normalized spacial score (nSPS) is 17.1. The fourth-order valence-electron chi connectivity index (χ4n) is 2.49. The lowest BCUT2D eigenvalue weighted by atomic mass is 10.1. The number of carbonyl (C=O) groups is 1. The number of ether oxygens (including phenoxy) is 1. The van der Waals surface area contributed by atoms with Gasteiger partial charge in [-0.25, -0.2) is 4.68 Å². The topological polar surface area (TPSA) is 95.1 Å². The van der Waals surface area contributed by atoms with E-state index in [9.17, 15) is 4.79 Å². The van der Waals surface area contributed by atoms with Crippen LogP contribution in [0.3, 0.4) is 0 Å². The molecule has 3 rings (SSSR count). The fourth-order valence-corrected chi connectivity index (χ4v) is 3.18. The fraction of sp³-hybridized carbons (Fsp3) is 0.438. The molecule has 1 amide bonds. The van der Waals surface area contributed by atoms with Gasteiger partial charge >= 0.3 is 0 Å². The third kappa shape index (κ3) is 4.07. The minimum Gasteiger partial charge on any atom is -0.376 e. The number of hydrogen-bond donors (Lipinski definition) is 2. The first-order valence-corrected chi connectivity index (χ1v) is 8.90. The SMILES string of the molecule is Cc1ccc(-c2nnc(SCC(=O)NC[C@H]3CCCO3)n2N)cc1. The number of nitrogens with two attached hydrogens (primary N) is 1. The summed E-state index contributed by atoms with van der Waals surface area (Å²) in [5, 5.41) is 11.6. The van der Waals surface area contributed by atoms with Gasteiger partial charge in [-0.15, -0.1) is 10.2 Å². The zero-order valence-corrected chi connectivity index (χ0v) is 14.4. The summed E-state index contributed by atoms with van der Waals surface area (Å²) in [6, 6.07) is 7.89. The molecule has 7 nitrogen and oxygen atoms in total. The lowest BCUT2D eigenvalue weighted by Crippen LogP contribution is -2.33. The van der Waals surface area contributed by atoms with Crippen molar-refractivity contribution in [1.29, 1.82) is 0 Å². The zero-order valence-electron chi connectivity index (χ0n) is 13.6. The van der Waals surface area contributed by atoms with Crippen molar-refractivity contribution in [1.82, 2.24) is 20.2 Å². The van der Waals surface area contributed by atoms with Crippen LogP contribution in [0.15, 0.2) is 29.4 Å². The van der Waals surface area contributed by atoms with Crippen molar-refractivity contribution in [2.75, 3.05) is 24.7 Å². The Kier molecular flexibility index (Phi) is 5.37. The van der Waals surface area contributed by atoms with Gasteiger partial charge in [0, 0.05) is 18.7 Å². The predicted octanol–water partition coefficient (Wildman–Crippen LogP) is 1.35. The molecule has 1 aromatic carbocycles. The molecular weight excluding hydrogens is 326 g/mol. The van der Waals surface area contributed by atoms with Crippen molar-refractivity contribution in [2.45, 2.75) is 31.0 Å². The Bertz CT molecular complexity index is 695. The molecule has 2 aromatic rings. The molecule has 1 atom stereocenters. The predicted molar refractivity (Wildman–Crippen MR) is 93.1 cm³/mol. The van der Waals surface area contributed by atoms with Crippen LogP contribution in [0.25, 0.3) is 11.4 Å². The van der Waals surface area contributed by atoms with Crippen molar-refractivity contribution in [3.8, 4) is 11.4 Å². The van der Waals surface area contributed by atoms with Gasteiger partial charge in [0.2, 0.25) is 11.1 Å². The Balaban J connectivity index is 1.54. The summed E-state index contributed by atoms with van der Waals surface area (Å²) in [7, 11) is 0. The highest BCUT2D eigenvalue weighted by Gasteiger charge is 2.17. The van der Waals surface area contributed by atoms with Gasteiger partial charge in [-0.3, -0.25) is 4.79 Å². The molecule has 0 bridgehead atoms. The van der Waals surface area contributed by atoms with E-state index in [0.29, 0.717) is 17.5 Å². The second-order valence-corrected chi connectivity index (χ2v) is 6.71. The summed E-state index contributed by atoms with van der Waals surface area (Å²) in [4.78, 5) is 11.9. The number of nitrogens with one attached hydrogen (secondary N) is 1. The number of aryl methyl sites for hydroxylation is 1. The van der Waals surface area contributed by atoms with Crippen molar-refractivity contribution >= 4 is 17.7 Å². The molecule has 1 saturated heterocycles. The van der Waals surface area contributed by atoms with Crippen LogP contribution in [0.2, 0.25) is 0 Å². The molecule has 8 heteroatoms. The van der Waals surface area contributed by atoms with Gasteiger partial charge in [0.1, 0.15) is 0 Å². The largest absolute Gasteiger partial charge is 0.376 e.